The standard InChI is InChI=1S/C15H21ClO2/c1-10(12(3)16)11(2)14-7-5-6-13(8-14)9-15(17)18-4/h5-8,10-12H,9H2,1-4H3. The Labute approximate surface area is 114 Å². The summed E-state index contributed by atoms with van der Waals surface area (Å²) in [6.07, 6.45) is 0.321. The van der Waals surface area contributed by atoms with E-state index in [9.17, 15) is 4.79 Å². The van der Waals surface area contributed by atoms with Gasteiger partial charge >= 0.3 is 5.97 Å². The minimum absolute atomic E-state index is 0.129. The summed E-state index contributed by atoms with van der Waals surface area (Å²) < 4.78 is 4.68. The summed E-state index contributed by atoms with van der Waals surface area (Å²) in [6, 6.07) is 8.08. The van der Waals surface area contributed by atoms with E-state index in [4.69, 9.17) is 11.6 Å². The molecule has 0 bridgehead atoms. The van der Waals surface area contributed by atoms with Crippen LogP contribution in [0, 0.1) is 5.92 Å². The molecule has 100 valence electrons. The Morgan fingerprint density at radius 3 is 2.56 bits per heavy atom. The van der Waals surface area contributed by atoms with Crippen LogP contribution in [-0.2, 0) is 16.0 Å². The maximum atomic E-state index is 11.3. The van der Waals surface area contributed by atoms with Crippen molar-refractivity contribution in [2.75, 3.05) is 7.11 Å². The number of benzene rings is 1. The SMILES string of the molecule is COC(=O)Cc1cccc(C(C)C(C)C(C)Cl)c1. The van der Waals surface area contributed by atoms with Gasteiger partial charge in [0, 0.05) is 5.38 Å². The van der Waals surface area contributed by atoms with Crippen LogP contribution in [0.3, 0.4) is 0 Å². The van der Waals surface area contributed by atoms with Crippen molar-refractivity contribution in [1.29, 1.82) is 0 Å². The molecule has 3 atom stereocenters. The van der Waals surface area contributed by atoms with E-state index in [1.807, 2.05) is 19.1 Å². The molecule has 1 aromatic rings. The van der Waals surface area contributed by atoms with Crippen molar-refractivity contribution in [3.05, 3.63) is 35.4 Å². The fourth-order valence-corrected chi connectivity index (χ4v) is 2.14. The molecule has 0 saturated carbocycles. The quantitative estimate of drug-likeness (QED) is 0.600. The van der Waals surface area contributed by atoms with E-state index in [-0.39, 0.29) is 11.3 Å². The largest absolute Gasteiger partial charge is 0.469 e. The van der Waals surface area contributed by atoms with Gasteiger partial charge < -0.3 is 4.74 Å². The van der Waals surface area contributed by atoms with E-state index in [1.165, 1.54) is 12.7 Å². The number of alkyl halides is 1. The fraction of sp³-hybridized carbons (Fsp3) is 0.533. The van der Waals surface area contributed by atoms with Crippen LogP contribution in [0.2, 0.25) is 0 Å². The van der Waals surface area contributed by atoms with E-state index in [0.717, 1.165) is 5.56 Å². The Balaban J connectivity index is 2.84. The third kappa shape index (κ3) is 4.02. The number of methoxy groups -OCH3 is 1. The van der Waals surface area contributed by atoms with Gasteiger partial charge in [-0.2, -0.15) is 0 Å². The van der Waals surface area contributed by atoms with Crippen LogP contribution in [0.1, 0.15) is 37.8 Å². The summed E-state index contributed by atoms with van der Waals surface area (Å²) in [6.45, 7) is 6.33. The van der Waals surface area contributed by atoms with Crippen molar-refractivity contribution in [2.24, 2.45) is 5.92 Å². The van der Waals surface area contributed by atoms with Gasteiger partial charge in [-0.1, -0.05) is 38.1 Å². The molecule has 3 unspecified atom stereocenters. The van der Waals surface area contributed by atoms with Crippen LogP contribution >= 0.6 is 11.6 Å². The van der Waals surface area contributed by atoms with Crippen LogP contribution in [0.25, 0.3) is 0 Å². The lowest BCUT2D eigenvalue weighted by Crippen LogP contribution is -2.15. The average Bonchev–Trinajstić information content (AvgIpc) is 2.37. The van der Waals surface area contributed by atoms with Crippen LogP contribution < -0.4 is 0 Å². The maximum Gasteiger partial charge on any atom is 0.309 e. The molecule has 0 heterocycles. The molecule has 1 aromatic carbocycles. The zero-order chi connectivity index (χ0) is 13.7. The molecule has 0 fully saturated rings. The van der Waals surface area contributed by atoms with Crippen molar-refractivity contribution in [2.45, 2.75) is 38.5 Å². The molecular formula is C15H21ClO2. The monoisotopic (exact) mass is 268 g/mol. The predicted octanol–water partition coefficient (Wildman–Crippen LogP) is 3.77. The van der Waals surface area contributed by atoms with Gasteiger partial charge in [-0.25, -0.2) is 0 Å². The van der Waals surface area contributed by atoms with E-state index >= 15 is 0 Å². The first-order chi connectivity index (χ1) is 8.45. The third-order valence-electron chi connectivity index (χ3n) is 3.57. The molecule has 0 amide bonds. The van der Waals surface area contributed by atoms with Gasteiger partial charge in [-0.15, -0.1) is 11.6 Å². The van der Waals surface area contributed by atoms with Gasteiger partial charge in [-0.05, 0) is 29.9 Å². The number of ether oxygens (including phenoxy) is 1. The molecule has 1 rings (SSSR count). The molecule has 0 radical (unpaired) electrons. The number of esters is 1. The first kappa shape index (κ1) is 15.0. The van der Waals surface area contributed by atoms with E-state index in [1.54, 1.807) is 0 Å². The number of carbonyl (C=O) groups is 1. The highest BCUT2D eigenvalue weighted by atomic mass is 35.5. The maximum absolute atomic E-state index is 11.3. The van der Waals surface area contributed by atoms with Crippen molar-refractivity contribution in [3.63, 3.8) is 0 Å². The molecule has 18 heavy (non-hydrogen) atoms. The minimum atomic E-state index is -0.210. The van der Waals surface area contributed by atoms with Gasteiger partial charge in [0.25, 0.3) is 0 Å². The third-order valence-corrected chi connectivity index (χ3v) is 3.96. The molecule has 0 saturated heterocycles. The summed E-state index contributed by atoms with van der Waals surface area (Å²) in [5.41, 5.74) is 2.21. The molecule has 0 aliphatic carbocycles. The highest BCUT2D eigenvalue weighted by molar-refractivity contribution is 6.20. The molecule has 0 N–H and O–H groups in total. The molecule has 2 nitrogen and oxygen atoms in total. The first-order valence-electron chi connectivity index (χ1n) is 6.25. The van der Waals surface area contributed by atoms with Gasteiger partial charge in [0.2, 0.25) is 0 Å². The Kier molecular flexibility index (Phi) is 5.67. The van der Waals surface area contributed by atoms with E-state index in [2.05, 4.69) is 30.7 Å². The molecule has 0 aliphatic heterocycles. The average molecular weight is 269 g/mol. The Morgan fingerprint density at radius 2 is 2.00 bits per heavy atom. The minimum Gasteiger partial charge on any atom is -0.469 e. The second-order valence-corrected chi connectivity index (χ2v) is 5.51. The lowest BCUT2D eigenvalue weighted by atomic mass is 9.86. The predicted molar refractivity (Wildman–Crippen MR) is 75.1 cm³/mol. The van der Waals surface area contributed by atoms with Gasteiger partial charge in [0.15, 0.2) is 0 Å². The normalized spacial score (nSPS) is 15.8. The molecular weight excluding hydrogens is 248 g/mol. The number of rotatable bonds is 5. The van der Waals surface area contributed by atoms with Gasteiger partial charge in [0.05, 0.1) is 13.5 Å². The van der Waals surface area contributed by atoms with Crippen molar-refractivity contribution in [1.82, 2.24) is 0 Å². The van der Waals surface area contributed by atoms with Crippen molar-refractivity contribution in [3.8, 4) is 0 Å². The highest BCUT2D eigenvalue weighted by Crippen LogP contribution is 2.29. The van der Waals surface area contributed by atoms with Crippen LogP contribution in [-0.4, -0.2) is 18.5 Å². The van der Waals surface area contributed by atoms with Crippen LogP contribution in [0.15, 0.2) is 24.3 Å². The van der Waals surface area contributed by atoms with Gasteiger partial charge in [0.1, 0.15) is 0 Å². The second kappa shape index (κ2) is 6.79. The zero-order valence-corrected chi connectivity index (χ0v) is 12.2. The van der Waals surface area contributed by atoms with Crippen molar-refractivity contribution >= 4 is 17.6 Å². The molecule has 0 aromatic heterocycles. The number of hydrogen-bond donors (Lipinski definition) is 0. The smallest absolute Gasteiger partial charge is 0.309 e. The van der Waals surface area contributed by atoms with Gasteiger partial charge in [-0.3, -0.25) is 4.79 Å². The summed E-state index contributed by atoms with van der Waals surface area (Å²) in [4.78, 5) is 11.3. The molecule has 0 aliphatic rings. The van der Waals surface area contributed by atoms with E-state index < -0.39 is 0 Å². The zero-order valence-electron chi connectivity index (χ0n) is 11.4. The Hall–Kier alpha value is -1.02. The van der Waals surface area contributed by atoms with Crippen LogP contribution in [0.4, 0.5) is 0 Å². The van der Waals surface area contributed by atoms with E-state index in [0.29, 0.717) is 18.3 Å². The number of hydrogen-bond acceptors (Lipinski definition) is 2. The lowest BCUT2D eigenvalue weighted by molar-refractivity contribution is -0.139. The first-order valence-corrected chi connectivity index (χ1v) is 6.69. The Bertz CT molecular complexity index is 401. The topological polar surface area (TPSA) is 26.3 Å². The number of carbonyl (C=O) groups excluding carboxylic acids is 1. The van der Waals surface area contributed by atoms with Crippen LogP contribution in [0.5, 0.6) is 0 Å². The highest BCUT2D eigenvalue weighted by Gasteiger charge is 2.19. The fourth-order valence-electron chi connectivity index (χ4n) is 1.93. The Morgan fingerprint density at radius 1 is 1.33 bits per heavy atom. The lowest BCUT2D eigenvalue weighted by Gasteiger charge is -2.22. The summed E-state index contributed by atoms with van der Waals surface area (Å²) in [5.74, 6) is 0.550. The summed E-state index contributed by atoms with van der Waals surface area (Å²) >= 11 is 6.15. The number of halogens is 1. The van der Waals surface area contributed by atoms with Crippen molar-refractivity contribution < 1.29 is 9.53 Å². The summed E-state index contributed by atoms with van der Waals surface area (Å²) in [7, 11) is 1.41. The summed E-state index contributed by atoms with van der Waals surface area (Å²) in [5, 5.41) is 0.129. The molecule has 3 heteroatoms. The molecule has 0 spiro atoms. The second-order valence-electron chi connectivity index (χ2n) is 4.82.